The van der Waals surface area contributed by atoms with Crippen molar-refractivity contribution >= 4 is 11.9 Å². The molecule has 54 heavy (non-hydrogen) atoms. The molecule has 1 heterocycles. The van der Waals surface area contributed by atoms with Crippen molar-refractivity contribution in [1.29, 1.82) is 0 Å². The van der Waals surface area contributed by atoms with Crippen LogP contribution in [0.3, 0.4) is 0 Å². The predicted octanol–water partition coefficient (Wildman–Crippen LogP) is 2.46. The number of fused-ring (bicyclic) bond motifs is 7. The van der Waals surface area contributed by atoms with Gasteiger partial charge in [0.1, 0.15) is 30.5 Å². The Morgan fingerprint density at radius 3 is 2.17 bits per heavy atom. The monoisotopic (exact) mass is 764 g/mol. The summed E-state index contributed by atoms with van der Waals surface area (Å²) in [7, 11) is 0. The maximum absolute atomic E-state index is 13.0. The summed E-state index contributed by atoms with van der Waals surface area (Å²) in [6.45, 7) is 15.4. The van der Waals surface area contributed by atoms with Gasteiger partial charge in [-0.15, -0.1) is 0 Å². The molecule has 306 valence electrons. The lowest BCUT2D eigenvalue weighted by molar-refractivity contribution is -0.328. The lowest BCUT2D eigenvalue weighted by atomic mass is 9.33. The average Bonchev–Trinajstić information content (AvgIpc) is 3.10. The molecule has 1 saturated heterocycles. The Balaban J connectivity index is 1.32. The summed E-state index contributed by atoms with van der Waals surface area (Å²) in [5.74, 6) is -2.35. The number of carboxylic acids is 1. The molecule has 0 aromatic rings. The standard InChI is InChI=1S/C41H64O13/c1-9-20(2)34(51)54-32-31(48)41(19-43)22(16-36(32,3)4)21-10-11-24-37(5)14-13-26(52-35-29(47)27(45)28(46)30(53-35)33(49)50)38(6,18-42)23(37)12-15-39(24,7)40(21,8)17-25(41)44/h9-10,22-32,35,42-48H,11-19H2,1-8H3,(H,49,50)/b20-9+/t22-,23-,24+,25-,26-,27-,28-,29+,30-,31-,32-,35+,37-,38-,39+,40+,41-/m0/s1. The number of allylic oxidation sites excluding steroid dienone is 3. The fraction of sp³-hybridized carbons (Fsp3) is 0.854. The van der Waals surface area contributed by atoms with Crippen LogP contribution < -0.4 is 0 Å². The van der Waals surface area contributed by atoms with E-state index in [1.54, 1.807) is 19.9 Å². The SMILES string of the molecule is C/C=C(\C)C(=O)O[C@H]1[C@H](O)[C@]2(CO)[C@@H](O)C[C@]3(C)C(=CC[C@@H]4[C@@]5(C)CC[C@H](O[C@@H]6O[C@H](C(=O)O)[C@@H](O)[C@H](O)[C@H]6O)[C@@](C)(CO)[C@H]5CC[C@]43C)[C@@H]2CC1(C)C. The molecule has 0 aromatic carbocycles. The average molecular weight is 765 g/mol. The minimum Gasteiger partial charge on any atom is -0.479 e. The van der Waals surface area contributed by atoms with E-state index in [1.807, 2.05) is 20.8 Å². The fourth-order valence-corrected chi connectivity index (χ4v) is 13.0. The molecule has 0 spiro atoms. The summed E-state index contributed by atoms with van der Waals surface area (Å²) in [4.78, 5) is 24.8. The summed E-state index contributed by atoms with van der Waals surface area (Å²) in [5, 5.41) is 87.7. The number of rotatable bonds is 7. The highest BCUT2D eigenvalue weighted by molar-refractivity contribution is 5.87. The van der Waals surface area contributed by atoms with Crippen LogP contribution in [0.1, 0.15) is 100 Å². The lowest BCUT2D eigenvalue weighted by Crippen LogP contribution is -2.72. The molecule has 0 radical (unpaired) electrons. The Morgan fingerprint density at radius 2 is 1.57 bits per heavy atom. The second-order valence-electron chi connectivity index (χ2n) is 19.3. The number of hydrogen-bond donors (Lipinski definition) is 8. The quantitative estimate of drug-likeness (QED) is 0.0809. The molecule has 5 aliphatic carbocycles. The lowest BCUT2D eigenvalue weighted by Gasteiger charge is -2.72. The highest BCUT2D eigenvalue weighted by atomic mass is 16.7. The van der Waals surface area contributed by atoms with Crippen LogP contribution in [0.5, 0.6) is 0 Å². The second-order valence-corrected chi connectivity index (χ2v) is 19.3. The first-order valence-corrected chi connectivity index (χ1v) is 19.8. The van der Waals surface area contributed by atoms with Crippen molar-refractivity contribution < 1.29 is 64.7 Å². The molecule has 17 atom stereocenters. The molecule has 13 nitrogen and oxygen atoms in total. The minimum absolute atomic E-state index is 0.0616. The van der Waals surface area contributed by atoms with E-state index in [4.69, 9.17) is 14.2 Å². The third-order valence-electron chi connectivity index (χ3n) is 16.6. The summed E-state index contributed by atoms with van der Waals surface area (Å²) >= 11 is 0. The van der Waals surface area contributed by atoms with Crippen molar-refractivity contribution in [2.45, 2.75) is 155 Å². The van der Waals surface area contributed by atoms with Crippen LogP contribution in [0.15, 0.2) is 23.3 Å². The van der Waals surface area contributed by atoms with Gasteiger partial charge in [0, 0.05) is 16.4 Å². The number of ether oxygens (including phenoxy) is 3. The highest BCUT2D eigenvalue weighted by Gasteiger charge is 2.73. The topological polar surface area (TPSA) is 224 Å². The Kier molecular flexibility index (Phi) is 10.7. The first-order chi connectivity index (χ1) is 25.0. The van der Waals surface area contributed by atoms with Gasteiger partial charge in [-0.3, -0.25) is 0 Å². The van der Waals surface area contributed by atoms with Crippen LogP contribution in [-0.4, -0.2) is 121 Å². The van der Waals surface area contributed by atoms with E-state index in [0.717, 1.165) is 12.0 Å². The van der Waals surface area contributed by atoms with Gasteiger partial charge in [-0.2, -0.15) is 0 Å². The van der Waals surface area contributed by atoms with E-state index in [1.165, 1.54) is 0 Å². The van der Waals surface area contributed by atoms with Crippen molar-refractivity contribution in [3.63, 3.8) is 0 Å². The van der Waals surface area contributed by atoms with Crippen molar-refractivity contribution in [2.75, 3.05) is 13.2 Å². The molecule has 0 bridgehead atoms. The number of carboxylic acid groups (broad SMARTS) is 1. The number of hydrogen-bond acceptors (Lipinski definition) is 12. The summed E-state index contributed by atoms with van der Waals surface area (Å²) in [6, 6.07) is 0. The van der Waals surface area contributed by atoms with Gasteiger partial charge in [0.15, 0.2) is 12.4 Å². The van der Waals surface area contributed by atoms with Gasteiger partial charge in [-0.25, -0.2) is 9.59 Å². The van der Waals surface area contributed by atoms with Crippen LogP contribution in [0.25, 0.3) is 0 Å². The number of aliphatic hydroxyl groups excluding tert-OH is 7. The third kappa shape index (κ3) is 5.65. The summed E-state index contributed by atoms with van der Waals surface area (Å²) in [5.41, 5.74) is -2.46. The van der Waals surface area contributed by atoms with E-state index in [0.29, 0.717) is 44.1 Å². The largest absolute Gasteiger partial charge is 0.479 e. The molecule has 8 N–H and O–H groups in total. The zero-order chi connectivity index (χ0) is 40.1. The Morgan fingerprint density at radius 1 is 0.907 bits per heavy atom. The Labute approximate surface area is 318 Å². The van der Waals surface area contributed by atoms with E-state index in [2.05, 4.69) is 26.8 Å². The third-order valence-corrected chi connectivity index (χ3v) is 16.6. The normalized spacial score (nSPS) is 51.5. The second kappa shape index (κ2) is 13.9. The smallest absolute Gasteiger partial charge is 0.335 e. The van der Waals surface area contributed by atoms with Crippen molar-refractivity contribution in [3.8, 4) is 0 Å². The highest BCUT2D eigenvalue weighted by Crippen LogP contribution is 2.76. The number of aliphatic carboxylic acids is 1. The number of aliphatic hydroxyl groups is 7. The van der Waals surface area contributed by atoms with E-state index >= 15 is 0 Å². The van der Waals surface area contributed by atoms with Gasteiger partial charge in [0.2, 0.25) is 0 Å². The Bertz CT molecular complexity index is 1540. The van der Waals surface area contributed by atoms with Gasteiger partial charge < -0.3 is 55.1 Å². The number of carbonyl (C=O) groups is 2. The first-order valence-electron chi connectivity index (χ1n) is 19.8. The molecule has 5 fully saturated rings. The first kappa shape index (κ1) is 41.7. The molecular formula is C41H64O13. The molecular weight excluding hydrogens is 700 g/mol. The van der Waals surface area contributed by atoms with Gasteiger partial charge >= 0.3 is 11.9 Å². The maximum Gasteiger partial charge on any atom is 0.335 e. The van der Waals surface area contributed by atoms with E-state index in [9.17, 15) is 50.4 Å². The summed E-state index contributed by atoms with van der Waals surface area (Å²) < 4.78 is 17.7. The molecule has 6 rings (SSSR count). The van der Waals surface area contributed by atoms with Crippen LogP contribution >= 0.6 is 0 Å². The van der Waals surface area contributed by atoms with Crippen molar-refractivity contribution in [3.05, 3.63) is 23.3 Å². The molecule has 4 saturated carbocycles. The minimum atomic E-state index is -1.84. The zero-order valence-corrected chi connectivity index (χ0v) is 33.1. The van der Waals surface area contributed by atoms with Gasteiger partial charge in [-0.1, -0.05) is 59.3 Å². The van der Waals surface area contributed by atoms with Crippen molar-refractivity contribution in [2.24, 2.45) is 50.2 Å². The molecule has 13 heteroatoms. The van der Waals surface area contributed by atoms with Crippen LogP contribution in [0, 0.1) is 50.2 Å². The number of carbonyl (C=O) groups excluding carboxylic acids is 1. The van der Waals surface area contributed by atoms with E-state index < -0.39 is 95.3 Å². The fourth-order valence-electron chi connectivity index (χ4n) is 13.0. The van der Waals surface area contributed by atoms with Gasteiger partial charge in [-0.05, 0) is 92.8 Å². The maximum atomic E-state index is 13.0. The van der Waals surface area contributed by atoms with E-state index in [-0.39, 0.29) is 35.2 Å². The van der Waals surface area contributed by atoms with Crippen LogP contribution in [0.2, 0.25) is 0 Å². The molecule has 0 unspecified atom stereocenters. The molecule has 1 aliphatic heterocycles. The molecule has 6 aliphatic rings. The summed E-state index contributed by atoms with van der Waals surface area (Å²) in [6.07, 6.45) is -4.63. The predicted molar refractivity (Wildman–Crippen MR) is 194 cm³/mol. The molecule has 0 aromatic heterocycles. The Hall–Kier alpha value is -1.94. The number of esters is 1. The van der Waals surface area contributed by atoms with Crippen LogP contribution in [-0.2, 0) is 23.8 Å². The molecule has 0 amide bonds. The van der Waals surface area contributed by atoms with Gasteiger partial charge in [0.25, 0.3) is 0 Å². The van der Waals surface area contributed by atoms with Crippen LogP contribution in [0.4, 0.5) is 0 Å². The van der Waals surface area contributed by atoms with Crippen molar-refractivity contribution in [1.82, 2.24) is 0 Å². The van der Waals surface area contributed by atoms with Gasteiger partial charge in [0.05, 0.1) is 30.8 Å². The zero-order valence-electron chi connectivity index (χ0n) is 33.1.